The molecule has 0 bridgehead atoms. The number of nitrogens with two attached hydrogens (primary N) is 1. The summed E-state index contributed by atoms with van der Waals surface area (Å²) in [6.07, 6.45) is 10.6. The molecule has 0 radical (unpaired) electrons. The smallest absolute Gasteiger partial charge is 0.209 e. The summed E-state index contributed by atoms with van der Waals surface area (Å²) in [6.45, 7) is 1.79. The number of anilines is 1. The SMILES string of the molecule is CCCCCCCCCCCCCC(=O)C#Cc1nc(N)c2ncn([C@@H]3O[C@H](CO)[C@@H](O)[C@H]3O)c2n1. The van der Waals surface area contributed by atoms with Gasteiger partial charge in [-0.05, 0) is 18.3 Å². The number of aliphatic hydroxyl groups excluding tert-OH is 3. The molecule has 10 nitrogen and oxygen atoms in total. The van der Waals surface area contributed by atoms with E-state index in [4.69, 9.17) is 10.5 Å². The molecular formula is C26H39N5O5. The predicted molar refractivity (Wildman–Crippen MR) is 136 cm³/mol. The molecule has 5 N–H and O–H groups in total. The van der Waals surface area contributed by atoms with Gasteiger partial charge in [0.1, 0.15) is 23.8 Å². The second kappa shape index (κ2) is 14.2. The Bertz CT molecular complexity index is 1050. The molecule has 4 atom stereocenters. The van der Waals surface area contributed by atoms with Crippen LogP contribution in [0.1, 0.15) is 96.0 Å². The minimum Gasteiger partial charge on any atom is -0.394 e. The van der Waals surface area contributed by atoms with Gasteiger partial charge in [0.05, 0.1) is 12.9 Å². The number of aliphatic hydroxyl groups is 3. The van der Waals surface area contributed by atoms with Gasteiger partial charge in [-0.1, -0.05) is 71.1 Å². The quantitative estimate of drug-likeness (QED) is 0.226. The van der Waals surface area contributed by atoms with Crippen LogP contribution in [0.25, 0.3) is 11.2 Å². The molecule has 1 aliphatic heterocycles. The summed E-state index contributed by atoms with van der Waals surface area (Å²) in [6, 6.07) is 0. The Labute approximate surface area is 212 Å². The third kappa shape index (κ3) is 7.46. The van der Waals surface area contributed by atoms with Crippen LogP contribution < -0.4 is 5.73 Å². The third-order valence-corrected chi connectivity index (χ3v) is 6.56. The second-order valence-corrected chi connectivity index (χ2v) is 9.44. The molecule has 0 unspecified atom stereocenters. The number of imidazole rings is 1. The van der Waals surface area contributed by atoms with Crippen molar-refractivity contribution in [2.24, 2.45) is 0 Å². The zero-order valence-corrected chi connectivity index (χ0v) is 21.1. The van der Waals surface area contributed by atoms with E-state index in [9.17, 15) is 20.1 Å². The summed E-state index contributed by atoms with van der Waals surface area (Å²) in [4.78, 5) is 24.8. The minimum absolute atomic E-state index is 0.0563. The number of ketones is 1. The van der Waals surface area contributed by atoms with Crippen molar-refractivity contribution < 1.29 is 24.9 Å². The number of rotatable bonds is 14. The van der Waals surface area contributed by atoms with E-state index in [1.807, 2.05) is 0 Å². The summed E-state index contributed by atoms with van der Waals surface area (Å²) < 4.78 is 6.96. The number of nitrogens with zero attached hydrogens (tertiary/aromatic N) is 4. The van der Waals surface area contributed by atoms with Crippen LogP contribution >= 0.6 is 0 Å². The molecule has 2 aromatic rings. The second-order valence-electron chi connectivity index (χ2n) is 9.44. The van der Waals surface area contributed by atoms with Crippen LogP contribution in [-0.2, 0) is 9.53 Å². The molecular weight excluding hydrogens is 462 g/mol. The predicted octanol–water partition coefficient (Wildman–Crippen LogP) is 2.64. The van der Waals surface area contributed by atoms with Crippen LogP contribution in [0.4, 0.5) is 5.82 Å². The molecule has 2 aromatic heterocycles. The lowest BCUT2D eigenvalue weighted by Gasteiger charge is -2.16. The average Bonchev–Trinajstić information content (AvgIpc) is 3.42. The lowest BCUT2D eigenvalue weighted by atomic mass is 10.0. The van der Waals surface area contributed by atoms with Crippen LogP contribution in [0.15, 0.2) is 6.33 Å². The van der Waals surface area contributed by atoms with Crippen molar-refractivity contribution in [2.45, 2.75) is 109 Å². The number of carbonyl (C=O) groups excluding carboxylic acids is 1. The van der Waals surface area contributed by atoms with Gasteiger partial charge in [-0.25, -0.2) is 15.0 Å². The number of fused-ring (bicyclic) bond motifs is 1. The largest absolute Gasteiger partial charge is 0.394 e. The van der Waals surface area contributed by atoms with Gasteiger partial charge < -0.3 is 25.8 Å². The maximum Gasteiger partial charge on any atom is 0.209 e. The Morgan fingerprint density at radius 3 is 2.28 bits per heavy atom. The molecule has 0 spiro atoms. The van der Waals surface area contributed by atoms with Gasteiger partial charge in [0.2, 0.25) is 11.6 Å². The fourth-order valence-electron chi connectivity index (χ4n) is 4.43. The number of nitrogen functional groups attached to an aromatic ring is 1. The van der Waals surface area contributed by atoms with Crippen molar-refractivity contribution in [3.8, 4) is 11.8 Å². The van der Waals surface area contributed by atoms with E-state index >= 15 is 0 Å². The molecule has 3 rings (SSSR count). The normalized spacial score (nSPS) is 21.6. The van der Waals surface area contributed by atoms with Gasteiger partial charge in [0.15, 0.2) is 17.7 Å². The lowest BCUT2D eigenvalue weighted by molar-refractivity contribution is -0.113. The molecule has 1 saturated heterocycles. The highest BCUT2D eigenvalue weighted by Crippen LogP contribution is 2.31. The Morgan fingerprint density at radius 2 is 1.67 bits per heavy atom. The van der Waals surface area contributed by atoms with E-state index in [0.29, 0.717) is 6.42 Å². The maximum absolute atomic E-state index is 12.2. The lowest BCUT2D eigenvalue weighted by Crippen LogP contribution is -2.33. The molecule has 0 aromatic carbocycles. The van der Waals surface area contributed by atoms with E-state index in [0.717, 1.165) is 19.3 Å². The molecule has 3 heterocycles. The van der Waals surface area contributed by atoms with Crippen LogP contribution in [0.2, 0.25) is 0 Å². The van der Waals surface area contributed by atoms with E-state index in [2.05, 4.69) is 33.7 Å². The standard InChI is InChI=1S/C26H39N5O5/c1-2-3-4-5-6-7-8-9-10-11-12-13-18(33)14-15-20-29-24(27)21-25(30-20)31(17-28-21)26-23(35)22(34)19(16-32)36-26/h17,19,22-23,26,32,34-35H,2-13,16H2,1H3,(H2,27,29,30)/t19-,22-,23-,26-/m1/s1. The summed E-state index contributed by atoms with van der Waals surface area (Å²) in [7, 11) is 0. The molecule has 0 saturated carbocycles. The topological polar surface area (TPSA) is 157 Å². The number of ether oxygens (including phenoxy) is 1. The van der Waals surface area contributed by atoms with Crippen molar-refractivity contribution in [1.29, 1.82) is 0 Å². The number of hydrogen-bond acceptors (Lipinski definition) is 9. The van der Waals surface area contributed by atoms with E-state index in [-0.39, 0.29) is 28.6 Å². The molecule has 0 amide bonds. The van der Waals surface area contributed by atoms with Gasteiger partial charge >= 0.3 is 0 Å². The van der Waals surface area contributed by atoms with Gasteiger partial charge in [-0.2, -0.15) is 0 Å². The van der Waals surface area contributed by atoms with Gasteiger partial charge in [0, 0.05) is 6.42 Å². The zero-order chi connectivity index (χ0) is 25.9. The number of carbonyl (C=O) groups is 1. The Hall–Kier alpha value is -2.58. The highest BCUT2D eigenvalue weighted by atomic mass is 16.6. The van der Waals surface area contributed by atoms with Crippen molar-refractivity contribution in [3.05, 3.63) is 12.2 Å². The zero-order valence-electron chi connectivity index (χ0n) is 21.1. The van der Waals surface area contributed by atoms with Crippen LogP contribution in [0.3, 0.4) is 0 Å². The van der Waals surface area contributed by atoms with Crippen molar-refractivity contribution in [2.75, 3.05) is 12.3 Å². The van der Waals surface area contributed by atoms with Crippen molar-refractivity contribution in [1.82, 2.24) is 19.5 Å². The van der Waals surface area contributed by atoms with E-state index < -0.39 is 31.1 Å². The number of Topliss-reactive ketones (excluding diaryl/α,β-unsaturated/α-hetero) is 1. The first-order valence-electron chi connectivity index (χ1n) is 13.1. The fraction of sp³-hybridized carbons (Fsp3) is 0.692. The van der Waals surface area contributed by atoms with Crippen molar-refractivity contribution in [3.63, 3.8) is 0 Å². The highest BCUT2D eigenvalue weighted by Gasteiger charge is 2.44. The maximum atomic E-state index is 12.2. The summed E-state index contributed by atoms with van der Waals surface area (Å²) in [5, 5.41) is 29.7. The highest BCUT2D eigenvalue weighted by molar-refractivity contribution is 5.95. The van der Waals surface area contributed by atoms with Gasteiger partial charge in [0.25, 0.3) is 0 Å². The summed E-state index contributed by atoms with van der Waals surface area (Å²) >= 11 is 0. The first-order valence-corrected chi connectivity index (χ1v) is 13.1. The minimum atomic E-state index is -1.29. The molecule has 1 fully saturated rings. The molecule has 36 heavy (non-hydrogen) atoms. The first kappa shape index (κ1) is 28.0. The number of hydrogen-bond donors (Lipinski definition) is 4. The monoisotopic (exact) mass is 501 g/mol. The molecule has 198 valence electrons. The summed E-state index contributed by atoms with van der Waals surface area (Å²) in [5.74, 6) is 5.22. The fourth-order valence-corrected chi connectivity index (χ4v) is 4.43. The van der Waals surface area contributed by atoms with Gasteiger partial charge in [-0.3, -0.25) is 9.36 Å². The van der Waals surface area contributed by atoms with Crippen LogP contribution in [0, 0.1) is 11.8 Å². The third-order valence-electron chi connectivity index (χ3n) is 6.56. The molecule has 0 aliphatic carbocycles. The van der Waals surface area contributed by atoms with Crippen LogP contribution in [0.5, 0.6) is 0 Å². The average molecular weight is 502 g/mol. The van der Waals surface area contributed by atoms with E-state index in [1.54, 1.807) is 0 Å². The van der Waals surface area contributed by atoms with Crippen molar-refractivity contribution >= 4 is 22.8 Å². The Morgan fingerprint density at radius 1 is 1.03 bits per heavy atom. The molecule has 10 heteroatoms. The van der Waals surface area contributed by atoms with Gasteiger partial charge in [-0.15, -0.1) is 0 Å². The number of aromatic nitrogens is 4. The number of unbranched alkanes of at least 4 members (excludes halogenated alkanes) is 10. The van der Waals surface area contributed by atoms with Crippen LogP contribution in [-0.4, -0.2) is 65.5 Å². The Balaban J connectivity index is 1.48. The van der Waals surface area contributed by atoms with E-state index in [1.165, 1.54) is 62.3 Å². The Kier molecular flexibility index (Phi) is 11.1. The first-order chi connectivity index (χ1) is 17.5. The summed E-state index contributed by atoms with van der Waals surface area (Å²) in [5.41, 5.74) is 6.53. The molecule has 1 aliphatic rings.